The molecule has 4 nitrogen and oxygen atoms in total. The molecule has 0 aliphatic heterocycles. The molecular weight excluding hydrogens is 236 g/mol. The van der Waals surface area contributed by atoms with Gasteiger partial charge in [-0.2, -0.15) is 5.10 Å². The van der Waals surface area contributed by atoms with E-state index in [0.29, 0.717) is 12.4 Å². The van der Waals surface area contributed by atoms with Crippen molar-refractivity contribution in [2.24, 2.45) is 0 Å². The summed E-state index contributed by atoms with van der Waals surface area (Å²) in [5.74, 6) is 0.691. The summed E-state index contributed by atoms with van der Waals surface area (Å²) in [7, 11) is 0. The lowest BCUT2D eigenvalue weighted by atomic mass is 10.1. The number of nitrogens with two attached hydrogens (primary N) is 1. The Labute approximate surface area is 111 Å². The van der Waals surface area contributed by atoms with E-state index < -0.39 is 0 Å². The van der Waals surface area contributed by atoms with Gasteiger partial charge in [0, 0.05) is 17.1 Å². The van der Waals surface area contributed by atoms with Gasteiger partial charge in [0.1, 0.15) is 5.82 Å². The second-order valence-corrected chi connectivity index (χ2v) is 4.81. The standard InChI is InChI=1S/C15H16N4/c1-10-7-12(9-19-15(16)8-11(2)18-19)13-5-3-4-6-14(13)17-10/h3-8H,9,16H2,1-2H3. The largest absolute Gasteiger partial charge is 0.384 e. The van der Waals surface area contributed by atoms with Crippen molar-refractivity contribution in [1.82, 2.24) is 14.8 Å². The van der Waals surface area contributed by atoms with E-state index >= 15 is 0 Å². The molecule has 96 valence electrons. The average Bonchev–Trinajstić information content (AvgIpc) is 2.67. The molecule has 2 aromatic heterocycles. The first-order valence-electron chi connectivity index (χ1n) is 6.28. The molecule has 19 heavy (non-hydrogen) atoms. The van der Waals surface area contributed by atoms with E-state index in [1.165, 1.54) is 5.56 Å². The molecule has 3 rings (SSSR count). The summed E-state index contributed by atoms with van der Waals surface area (Å²) in [5.41, 5.74) is 10.1. The van der Waals surface area contributed by atoms with Gasteiger partial charge in [0.15, 0.2) is 0 Å². The van der Waals surface area contributed by atoms with Gasteiger partial charge in [0.05, 0.1) is 17.8 Å². The molecule has 0 aliphatic carbocycles. The highest BCUT2D eigenvalue weighted by Crippen LogP contribution is 2.20. The molecule has 0 bridgehead atoms. The number of hydrogen-bond acceptors (Lipinski definition) is 3. The number of fused-ring (bicyclic) bond motifs is 1. The van der Waals surface area contributed by atoms with Gasteiger partial charge in [-0.05, 0) is 31.5 Å². The highest BCUT2D eigenvalue weighted by atomic mass is 15.3. The van der Waals surface area contributed by atoms with Crippen LogP contribution in [-0.4, -0.2) is 14.8 Å². The molecule has 0 saturated heterocycles. The number of para-hydroxylation sites is 1. The van der Waals surface area contributed by atoms with Crippen LogP contribution in [-0.2, 0) is 6.54 Å². The van der Waals surface area contributed by atoms with Crippen molar-refractivity contribution in [1.29, 1.82) is 0 Å². The maximum absolute atomic E-state index is 5.96. The highest BCUT2D eigenvalue weighted by Gasteiger charge is 2.07. The molecule has 0 aliphatic rings. The monoisotopic (exact) mass is 252 g/mol. The predicted molar refractivity (Wildman–Crippen MR) is 77.0 cm³/mol. The number of hydrogen-bond donors (Lipinski definition) is 1. The van der Waals surface area contributed by atoms with Gasteiger partial charge in [-0.3, -0.25) is 4.98 Å². The van der Waals surface area contributed by atoms with Crippen LogP contribution < -0.4 is 5.73 Å². The molecule has 0 spiro atoms. The second kappa shape index (κ2) is 4.39. The Hall–Kier alpha value is -2.36. The fourth-order valence-electron chi connectivity index (χ4n) is 2.38. The van der Waals surface area contributed by atoms with E-state index in [0.717, 1.165) is 22.3 Å². The quantitative estimate of drug-likeness (QED) is 0.763. The van der Waals surface area contributed by atoms with E-state index in [1.54, 1.807) is 0 Å². The zero-order valence-corrected chi connectivity index (χ0v) is 11.1. The average molecular weight is 252 g/mol. The minimum Gasteiger partial charge on any atom is -0.384 e. The van der Waals surface area contributed by atoms with Crippen molar-refractivity contribution < 1.29 is 0 Å². The summed E-state index contributed by atoms with van der Waals surface area (Å²) < 4.78 is 1.83. The van der Waals surface area contributed by atoms with Gasteiger partial charge in [0.25, 0.3) is 0 Å². The van der Waals surface area contributed by atoms with Crippen LogP contribution in [0.1, 0.15) is 17.0 Å². The van der Waals surface area contributed by atoms with Gasteiger partial charge in [-0.25, -0.2) is 4.68 Å². The number of aromatic nitrogens is 3. The van der Waals surface area contributed by atoms with Gasteiger partial charge >= 0.3 is 0 Å². The lowest BCUT2D eigenvalue weighted by molar-refractivity contribution is 0.691. The van der Waals surface area contributed by atoms with Crippen LogP contribution in [0.4, 0.5) is 5.82 Å². The smallest absolute Gasteiger partial charge is 0.122 e. The van der Waals surface area contributed by atoms with Crippen LogP contribution in [0.5, 0.6) is 0 Å². The fourth-order valence-corrected chi connectivity index (χ4v) is 2.38. The molecule has 0 amide bonds. The molecule has 2 N–H and O–H groups in total. The molecule has 0 saturated carbocycles. The summed E-state index contributed by atoms with van der Waals surface area (Å²) in [5, 5.41) is 5.57. The Morgan fingerprint density at radius 2 is 1.89 bits per heavy atom. The normalized spacial score (nSPS) is 11.1. The molecule has 0 atom stereocenters. The van der Waals surface area contributed by atoms with Crippen LogP contribution >= 0.6 is 0 Å². The summed E-state index contributed by atoms with van der Waals surface area (Å²) in [4.78, 5) is 4.54. The topological polar surface area (TPSA) is 56.7 Å². The summed E-state index contributed by atoms with van der Waals surface area (Å²) >= 11 is 0. The highest BCUT2D eigenvalue weighted by molar-refractivity contribution is 5.82. The van der Waals surface area contributed by atoms with Crippen molar-refractivity contribution >= 4 is 16.7 Å². The lowest BCUT2D eigenvalue weighted by Gasteiger charge is -2.09. The van der Waals surface area contributed by atoms with Gasteiger partial charge in [0.2, 0.25) is 0 Å². The predicted octanol–water partition coefficient (Wildman–Crippen LogP) is 2.68. The molecule has 3 aromatic rings. The molecule has 1 aromatic carbocycles. The third-order valence-electron chi connectivity index (χ3n) is 3.18. The lowest BCUT2D eigenvalue weighted by Crippen LogP contribution is -2.07. The molecule has 4 heteroatoms. The van der Waals surface area contributed by atoms with Crippen LogP contribution in [0, 0.1) is 13.8 Å². The number of anilines is 1. The molecular formula is C15H16N4. The summed E-state index contributed by atoms with van der Waals surface area (Å²) in [6.45, 7) is 4.62. The zero-order chi connectivity index (χ0) is 13.4. The van der Waals surface area contributed by atoms with E-state index in [1.807, 2.05) is 42.8 Å². The van der Waals surface area contributed by atoms with Crippen molar-refractivity contribution in [3.05, 3.63) is 53.3 Å². The fraction of sp³-hybridized carbons (Fsp3) is 0.200. The first-order chi connectivity index (χ1) is 9.13. The van der Waals surface area contributed by atoms with E-state index in [9.17, 15) is 0 Å². The van der Waals surface area contributed by atoms with Gasteiger partial charge in [-0.15, -0.1) is 0 Å². The first-order valence-corrected chi connectivity index (χ1v) is 6.28. The number of nitrogens with zero attached hydrogens (tertiary/aromatic N) is 3. The molecule has 0 unspecified atom stereocenters. The third kappa shape index (κ3) is 2.17. The van der Waals surface area contributed by atoms with Crippen LogP contribution in [0.2, 0.25) is 0 Å². The minimum absolute atomic E-state index is 0.670. The Bertz CT molecular complexity index is 743. The van der Waals surface area contributed by atoms with Gasteiger partial charge in [-0.1, -0.05) is 18.2 Å². The zero-order valence-electron chi connectivity index (χ0n) is 11.1. The number of aryl methyl sites for hydroxylation is 2. The minimum atomic E-state index is 0.670. The summed E-state index contributed by atoms with van der Waals surface area (Å²) in [6.07, 6.45) is 0. The third-order valence-corrected chi connectivity index (χ3v) is 3.18. The Kier molecular flexibility index (Phi) is 2.71. The van der Waals surface area contributed by atoms with E-state index in [4.69, 9.17) is 5.73 Å². The van der Waals surface area contributed by atoms with E-state index in [-0.39, 0.29) is 0 Å². The number of rotatable bonds is 2. The van der Waals surface area contributed by atoms with Crippen molar-refractivity contribution in [2.75, 3.05) is 5.73 Å². The Morgan fingerprint density at radius 3 is 2.63 bits per heavy atom. The first kappa shape index (κ1) is 11.7. The molecule has 2 heterocycles. The van der Waals surface area contributed by atoms with Crippen LogP contribution in [0.3, 0.4) is 0 Å². The molecule has 0 fully saturated rings. The Balaban J connectivity index is 2.12. The van der Waals surface area contributed by atoms with Crippen molar-refractivity contribution in [3.8, 4) is 0 Å². The number of pyridine rings is 1. The van der Waals surface area contributed by atoms with Gasteiger partial charge < -0.3 is 5.73 Å². The van der Waals surface area contributed by atoms with Crippen molar-refractivity contribution in [2.45, 2.75) is 20.4 Å². The number of benzene rings is 1. The van der Waals surface area contributed by atoms with E-state index in [2.05, 4.69) is 22.2 Å². The summed E-state index contributed by atoms with van der Waals surface area (Å²) in [6, 6.07) is 12.1. The number of nitrogen functional groups attached to an aromatic ring is 1. The van der Waals surface area contributed by atoms with Crippen molar-refractivity contribution in [3.63, 3.8) is 0 Å². The maximum Gasteiger partial charge on any atom is 0.122 e. The maximum atomic E-state index is 5.96. The second-order valence-electron chi connectivity index (χ2n) is 4.81. The SMILES string of the molecule is Cc1cc(Cn2nc(C)cc2N)c2ccccc2n1. The Morgan fingerprint density at radius 1 is 1.11 bits per heavy atom. The van der Waals surface area contributed by atoms with Crippen LogP contribution in [0.25, 0.3) is 10.9 Å². The molecule has 0 radical (unpaired) electrons. The van der Waals surface area contributed by atoms with Crippen LogP contribution in [0.15, 0.2) is 36.4 Å².